The van der Waals surface area contributed by atoms with E-state index in [1.54, 1.807) is 18.3 Å². The van der Waals surface area contributed by atoms with Crippen molar-refractivity contribution in [2.45, 2.75) is 25.7 Å². The normalized spacial score (nSPS) is 28.8. The van der Waals surface area contributed by atoms with E-state index in [-0.39, 0.29) is 11.1 Å². The second-order valence-corrected chi connectivity index (χ2v) is 8.51. The van der Waals surface area contributed by atoms with E-state index in [9.17, 15) is 9.59 Å². The molecule has 1 aromatic rings. The molecule has 3 aliphatic heterocycles. The van der Waals surface area contributed by atoms with Gasteiger partial charge in [0.25, 0.3) is 11.1 Å². The number of piperidine rings is 2. The minimum absolute atomic E-state index is 0.330. The first kappa shape index (κ1) is 17.5. The van der Waals surface area contributed by atoms with Crippen molar-refractivity contribution in [3.05, 3.63) is 22.9 Å². The van der Waals surface area contributed by atoms with Gasteiger partial charge in [-0.15, -0.1) is 0 Å². The van der Waals surface area contributed by atoms with Gasteiger partial charge < -0.3 is 9.80 Å². The maximum Gasteiger partial charge on any atom is 0.290 e. The molecule has 1 N–H and O–H groups in total. The summed E-state index contributed by atoms with van der Waals surface area (Å²) < 4.78 is 0. The molecule has 2 amide bonds. The van der Waals surface area contributed by atoms with Gasteiger partial charge in [0, 0.05) is 31.2 Å². The summed E-state index contributed by atoms with van der Waals surface area (Å²) in [5.74, 6) is 0.351. The van der Waals surface area contributed by atoms with Crippen LogP contribution in [0.1, 0.15) is 31.4 Å². The molecule has 8 heteroatoms. The number of anilines is 1. The average molecular weight is 373 g/mol. The zero-order chi connectivity index (χ0) is 18.1. The van der Waals surface area contributed by atoms with Crippen LogP contribution in [0.3, 0.4) is 0 Å². The molecule has 3 fully saturated rings. The summed E-state index contributed by atoms with van der Waals surface area (Å²) in [6, 6.07) is 1.77. The van der Waals surface area contributed by atoms with E-state index < -0.39 is 0 Å². The van der Waals surface area contributed by atoms with Crippen molar-refractivity contribution in [1.29, 1.82) is 0 Å². The smallest absolute Gasteiger partial charge is 0.290 e. The van der Waals surface area contributed by atoms with Crippen molar-refractivity contribution >= 4 is 34.9 Å². The molecule has 3 aliphatic rings. The van der Waals surface area contributed by atoms with E-state index in [1.165, 1.54) is 25.8 Å². The summed E-state index contributed by atoms with van der Waals surface area (Å²) in [7, 11) is 2.20. The van der Waals surface area contributed by atoms with E-state index in [0.717, 1.165) is 37.8 Å². The highest BCUT2D eigenvalue weighted by molar-refractivity contribution is 8.18. The van der Waals surface area contributed by atoms with E-state index in [0.29, 0.717) is 22.0 Å². The fourth-order valence-electron chi connectivity index (χ4n) is 4.32. The number of carbonyl (C=O) groups is 2. The third kappa shape index (κ3) is 3.61. The van der Waals surface area contributed by atoms with E-state index in [4.69, 9.17) is 0 Å². The lowest BCUT2D eigenvalue weighted by Gasteiger charge is -2.47. The minimum atomic E-state index is -0.359. The number of aromatic nitrogens is 2. The van der Waals surface area contributed by atoms with Gasteiger partial charge in [-0.1, -0.05) is 0 Å². The van der Waals surface area contributed by atoms with Crippen LogP contribution < -0.4 is 10.2 Å². The Hall–Kier alpha value is -1.93. The summed E-state index contributed by atoms with van der Waals surface area (Å²) in [4.78, 5) is 37.2. The van der Waals surface area contributed by atoms with Crippen LogP contribution in [0, 0.1) is 5.41 Å². The SMILES string of the molecule is CN1CCCC2(CCCN(c3nccc(C=C4SC(=O)NC4=O)n3)C2)C1. The minimum Gasteiger partial charge on any atom is -0.340 e. The number of amides is 2. The van der Waals surface area contributed by atoms with Gasteiger partial charge in [0.2, 0.25) is 5.95 Å². The van der Waals surface area contributed by atoms with E-state index in [1.807, 2.05) is 0 Å². The number of imide groups is 1. The lowest BCUT2D eigenvalue weighted by molar-refractivity contribution is -0.115. The Morgan fingerprint density at radius 1 is 1.23 bits per heavy atom. The second-order valence-electron chi connectivity index (χ2n) is 7.50. The average Bonchev–Trinajstić information content (AvgIpc) is 2.92. The van der Waals surface area contributed by atoms with Gasteiger partial charge in [-0.3, -0.25) is 14.9 Å². The summed E-state index contributed by atoms with van der Waals surface area (Å²) in [6.07, 6.45) is 8.30. The number of hydrogen-bond acceptors (Lipinski definition) is 7. The van der Waals surface area contributed by atoms with E-state index >= 15 is 0 Å². The first-order chi connectivity index (χ1) is 12.5. The van der Waals surface area contributed by atoms with Gasteiger partial charge in [-0.25, -0.2) is 9.97 Å². The molecule has 4 rings (SSSR count). The van der Waals surface area contributed by atoms with Gasteiger partial charge >= 0.3 is 0 Å². The zero-order valence-electron chi connectivity index (χ0n) is 14.9. The molecule has 0 radical (unpaired) electrons. The number of nitrogens with one attached hydrogen (secondary N) is 1. The number of rotatable bonds is 2. The Bertz CT molecular complexity index is 764. The van der Waals surface area contributed by atoms with Crippen LogP contribution in [0.5, 0.6) is 0 Å². The monoisotopic (exact) mass is 373 g/mol. The molecule has 26 heavy (non-hydrogen) atoms. The number of thioether (sulfide) groups is 1. The largest absolute Gasteiger partial charge is 0.340 e. The Balaban J connectivity index is 1.54. The molecule has 0 bridgehead atoms. The highest BCUT2D eigenvalue weighted by atomic mass is 32.2. The van der Waals surface area contributed by atoms with Crippen LogP contribution in [-0.2, 0) is 4.79 Å². The lowest BCUT2D eigenvalue weighted by Crippen LogP contribution is -2.51. The molecule has 7 nitrogen and oxygen atoms in total. The predicted octanol–water partition coefficient (Wildman–Crippen LogP) is 2.11. The molecule has 0 aliphatic carbocycles. The van der Waals surface area contributed by atoms with Crippen molar-refractivity contribution < 1.29 is 9.59 Å². The highest BCUT2D eigenvalue weighted by Gasteiger charge is 2.39. The van der Waals surface area contributed by atoms with Gasteiger partial charge in [-0.2, -0.15) is 0 Å². The molecule has 4 heterocycles. The molecule has 1 aromatic heterocycles. The summed E-state index contributed by atoms with van der Waals surface area (Å²) in [5, 5.41) is 1.93. The van der Waals surface area contributed by atoms with Crippen molar-refractivity contribution in [1.82, 2.24) is 20.2 Å². The third-order valence-corrected chi connectivity index (χ3v) is 6.19. The molecular weight excluding hydrogens is 350 g/mol. The summed E-state index contributed by atoms with van der Waals surface area (Å²) in [6.45, 7) is 4.25. The fourth-order valence-corrected chi connectivity index (χ4v) is 4.98. The lowest BCUT2D eigenvalue weighted by atomic mass is 9.74. The molecule has 138 valence electrons. The molecule has 0 saturated carbocycles. The Kier molecular flexibility index (Phi) is 4.71. The van der Waals surface area contributed by atoms with Gasteiger partial charge in [0.15, 0.2) is 0 Å². The van der Waals surface area contributed by atoms with Crippen LogP contribution in [0.4, 0.5) is 10.7 Å². The Morgan fingerprint density at radius 2 is 2.04 bits per heavy atom. The van der Waals surface area contributed by atoms with Crippen LogP contribution in [0.2, 0.25) is 0 Å². The first-order valence-corrected chi connectivity index (χ1v) is 9.86. The molecule has 3 saturated heterocycles. The van der Waals surface area contributed by atoms with Crippen LogP contribution in [0.15, 0.2) is 17.2 Å². The van der Waals surface area contributed by atoms with Crippen LogP contribution in [0.25, 0.3) is 6.08 Å². The summed E-state index contributed by atoms with van der Waals surface area (Å²) in [5.41, 5.74) is 0.985. The number of likely N-dealkylation sites (tertiary alicyclic amines) is 1. The Labute approximate surface area is 157 Å². The second kappa shape index (κ2) is 7.00. The maximum atomic E-state index is 11.7. The first-order valence-electron chi connectivity index (χ1n) is 9.04. The van der Waals surface area contributed by atoms with Crippen molar-refractivity contribution in [2.75, 3.05) is 38.1 Å². The summed E-state index contributed by atoms with van der Waals surface area (Å²) >= 11 is 0.910. The topological polar surface area (TPSA) is 78.4 Å². The van der Waals surface area contributed by atoms with Crippen molar-refractivity contribution in [2.24, 2.45) is 5.41 Å². The quantitative estimate of drug-likeness (QED) is 0.796. The number of hydrogen-bond donors (Lipinski definition) is 1. The number of nitrogens with zero attached hydrogens (tertiary/aromatic N) is 4. The van der Waals surface area contributed by atoms with Gasteiger partial charge in [0.1, 0.15) is 0 Å². The molecule has 0 aromatic carbocycles. The van der Waals surface area contributed by atoms with Crippen LogP contribution in [-0.4, -0.2) is 59.2 Å². The third-order valence-electron chi connectivity index (χ3n) is 5.38. The molecule has 1 unspecified atom stereocenters. The molecule has 1 atom stereocenters. The molecular formula is C18H23N5O2S. The zero-order valence-corrected chi connectivity index (χ0v) is 15.7. The predicted molar refractivity (Wildman–Crippen MR) is 102 cm³/mol. The van der Waals surface area contributed by atoms with Crippen molar-refractivity contribution in [3.8, 4) is 0 Å². The van der Waals surface area contributed by atoms with Crippen molar-refractivity contribution in [3.63, 3.8) is 0 Å². The van der Waals surface area contributed by atoms with E-state index in [2.05, 4.69) is 32.1 Å². The Morgan fingerprint density at radius 3 is 2.77 bits per heavy atom. The highest BCUT2D eigenvalue weighted by Crippen LogP contribution is 2.38. The number of carbonyl (C=O) groups excluding carboxylic acids is 2. The van der Waals surface area contributed by atoms with Gasteiger partial charge in [0.05, 0.1) is 10.6 Å². The standard InChI is InChI=1S/C18H23N5O2S/c1-22-8-2-5-18(11-22)6-3-9-23(12-18)16-19-7-4-13(20-16)10-14-15(24)21-17(25)26-14/h4,7,10H,2-3,5-6,8-9,11-12H2,1H3,(H,21,24,25). The van der Waals surface area contributed by atoms with Gasteiger partial charge in [-0.05, 0) is 63.2 Å². The molecule has 1 spiro atoms. The maximum absolute atomic E-state index is 11.7. The fraction of sp³-hybridized carbons (Fsp3) is 0.556. The van der Waals surface area contributed by atoms with Crippen LogP contribution >= 0.6 is 11.8 Å².